The van der Waals surface area contributed by atoms with Crippen molar-refractivity contribution in [2.45, 2.75) is 26.3 Å². The highest BCUT2D eigenvalue weighted by Crippen LogP contribution is 2.17. The summed E-state index contributed by atoms with van der Waals surface area (Å²) < 4.78 is 0. The van der Waals surface area contributed by atoms with Crippen molar-refractivity contribution in [1.82, 2.24) is 10.6 Å². The molecule has 0 saturated carbocycles. The number of hydrogen-bond donors (Lipinski definition) is 2. The first-order valence-electron chi connectivity index (χ1n) is 7.25. The predicted octanol–water partition coefficient (Wildman–Crippen LogP) is 2.85. The first-order valence-corrected chi connectivity index (χ1v) is 7.25. The highest BCUT2D eigenvalue weighted by Gasteiger charge is 2.02. The van der Waals surface area contributed by atoms with Gasteiger partial charge in [-0.15, -0.1) is 0 Å². The Morgan fingerprint density at radius 2 is 1.90 bits per heavy atom. The summed E-state index contributed by atoms with van der Waals surface area (Å²) in [6, 6.07) is 14.6. The van der Waals surface area contributed by atoms with Crippen molar-refractivity contribution in [2.75, 3.05) is 13.1 Å². The lowest BCUT2D eigenvalue weighted by molar-refractivity contribution is -0.120. The highest BCUT2D eigenvalue weighted by molar-refractivity contribution is 5.85. The van der Waals surface area contributed by atoms with Gasteiger partial charge < -0.3 is 10.6 Å². The summed E-state index contributed by atoms with van der Waals surface area (Å²) in [5, 5.41) is 8.59. The Morgan fingerprint density at radius 3 is 2.75 bits per heavy atom. The summed E-state index contributed by atoms with van der Waals surface area (Å²) in [4.78, 5) is 11.6. The molecule has 0 aliphatic carbocycles. The van der Waals surface area contributed by atoms with E-state index in [0.29, 0.717) is 13.1 Å². The molecule has 1 amide bonds. The molecule has 0 saturated heterocycles. The van der Waals surface area contributed by atoms with Crippen LogP contribution in [0.25, 0.3) is 10.8 Å². The quantitative estimate of drug-likeness (QED) is 0.760. The van der Waals surface area contributed by atoms with Gasteiger partial charge in [0.25, 0.3) is 0 Å². The van der Waals surface area contributed by atoms with Gasteiger partial charge in [0, 0.05) is 13.1 Å². The molecule has 3 nitrogen and oxygen atoms in total. The molecular weight excluding hydrogens is 248 g/mol. The molecule has 0 aliphatic rings. The van der Waals surface area contributed by atoms with Crippen LogP contribution in [0, 0.1) is 0 Å². The Kier molecular flexibility index (Phi) is 5.56. The van der Waals surface area contributed by atoms with E-state index in [4.69, 9.17) is 0 Å². The third kappa shape index (κ3) is 4.07. The van der Waals surface area contributed by atoms with Crippen molar-refractivity contribution in [3.63, 3.8) is 0 Å². The number of benzene rings is 2. The summed E-state index contributed by atoms with van der Waals surface area (Å²) in [6.07, 6.45) is 2.14. The highest BCUT2D eigenvalue weighted by atomic mass is 16.1. The van der Waals surface area contributed by atoms with Crippen LogP contribution in [-0.2, 0) is 11.3 Å². The van der Waals surface area contributed by atoms with Crippen LogP contribution in [0.5, 0.6) is 0 Å². The number of unbranched alkanes of at least 4 members (excludes halogenated alkanes) is 1. The molecule has 106 valence electrons. The van der Waals surface area contributed by atoms with Gasteiger partial charge in [0.15, 0.2) is 0 Å². The Morgan fingerprint density at radius 1 is 1.10 bits per heavy atom. The smallest absolute Gasteiger partial charge is 0.233 e. The molecule has 3 heteroatoms. The van der Waals surface area contributed by atoms with Crippen LogP contribution in [0.15, 0.2) is 42.5 Å². The van der Waals surface area contributed by atoms with E-state index in [-0.39, 0.29) is 5.91 Å². The number of rotatable bonds is 7. The third-order valence-corrected chi connectivity index (χ3v) is 3.33. The van der Waals surface area contributed by atoms with Gasteiger partial charge in [-0.1, -0.05) is 55.8 Å². The minimum absolute atomic E-state index is 0.0682. The van der Waals surface area contributed by atoms with Crippen LogP contribution in [-0.4, -0.2) is 19.0 Å². The van der Waals surface area contributed by atoms with Crippen molar-refractivity contribution in [1.29, 1.82) is 0 Å². The molecule has 0 fully saturated rings. The Labute approximate surface area is 120 Å². The Bertz CT molecular complexity index is 560. The lowest BCUT2D eigenvalue weighted by Crippen LogP contribution is -2.34. The summed E-state index contributed by atoms with van der Waals surface area (Å²) in [5.74, 6) is 0.0682. The normalized spacial score (nSPS) is 10.7. The average Bonchev–Trinajstić information content (AvgIpc) is 2.48. The van der Waals surface area contributed by atoms with E-state index in [1.54, 1.807) is 0 Å². The summed E-state index contributed by atoms with van der Waals surface area (Å²) in [5.41, 5.74) is 1.23. The minimum atomic E-state index is 0.0682. The van der Waals surface area contributed by atoms with E-state index in [2.05, 4.69) is 47.9 Å². The number of carbonyl (C=O) groups is 1. The van der Waals surface area contributed by atoms with Gasteiger partial charge in [-0.2, -0.15) is 0 Å². The molecule has 2 aromatic carbocycles. The van der Waals surface area contributed by atoms with Crippen molar-refractivity contribution >= 4 is 16.7 Å². The van der Waals surface area contributed by atoms with Crippen molar-refractivity contribution < 1.29 is 4.79 Å². The lowest BCUT2D eigenvalue weighted by Gasteiger charge is -2.08. The number of nitrogens with one attached hydrogen (secondary N) is 2. The van der Waals surface area contributed by atoms with Gasteiger partial charge in [0.1, 0.15) is 0 Å². The van der Waals surface area contributed by atoms with Crippen LogP contribution in [0.4, 0.5) is 0 Å². The fourth-order valence-electron chi connectivity index (χ4n) is 2.22. The maximum absolute atomic E-state index is 11.6. The molecule has 20 heavy (non-hydrogen) atoms. The Hall–Kier alpha value is -1.87. The second-order valence-corrected chi connectivity index (χ2v) is 4.95. The van der Waals surface area contributed by atoms with Crippen LogP contribution < -0.4 is 10.6 Å². The van der Waals surface area contributed by atoms with Crippen LogP contribution in [0.3, 0.4) is 0 Å². The second kappa shape index (κ2) is 7.65. The van der Waals surface area contributed by atoms with Crippen molar-refractivity contribution in [3.8, 4) is 0 Å². The van der Waals surface area contributed by atoms with Gasteiger partial charge in [-0.25, -0.2) is 0 Å². The SMILES string of the molecule is CCCCNC(=O)CNCc1cccc2ccccc12. The number of fused-ring (bicyclic) bond motifs is 1. The third-order valence-electron chi connectivity index (χ3n) is 3.33. The zero-order valence-electron chi connectivity index (χ0n) is 12.0. The zero-order valence-corrected chi connectivity index (χ0v) is 12.0. The summed E-state index contributed by atoms with van der Waals surface area (Å²) >= 11 is 0. The average molecular weight is 270 g/mol. The largest absolute Gasteiger partial charge is 0.355 e. The molecule has 0 aromatic heterocycles. The zero-order chi connectivity index (χ0) is 14.2. The molecule has 0 heterocycles. The van der Waals surface area contributed by atoms with Crippen molar-refractivity contribution in [2.24, 2.45) is 0 Å². The first-order chi connectivity index (χ1) is 9.81. The number of hydrogen-bond acceptors (Lipinski definition) is 2. The number of carbonyl (C=O) groups excluding carboxylic acids is 1. The molecule has 2 aromatic rings. The fourth-order valence-corrected chi connectivity index (χ4v) is 2.22. The minimum Gasteiger partial charge on any atom is -0.355 e. The van der Waals surface area contributed by atoms with Crippen LogP contribution in [0.1, 0.15) is 25.3 Å². The maximum Gasteiger partial charge on any atom is 0.233 e. The Balaban J connectivity index is 1.85. The molecule has 0 radical (unpaired) electrons. The molecular formula is C17H22N2O. The monoisotopic (exact) mass is 270 g/mol. The molecule has 2 rings (SSSR count). The van der Waals surface area contributed by atoms with Gasteiger partial charge in [-0.3, -0.25) is 4.79 Å². The molecule has 0 unspecified atom stereocenters. The van der Waals surface area contributed by atoms with Gasteiger partial charge in [0.05, 0.1) is 6.54 Å². The molecule has 0 atom stereocenters. The lowest BCUT2D eigenvalue weighted by atomic mass is 10.0. The standard InChI is InChI=1S/C17H22N2O/c1-2-3-11-19-17(20)13-18-12-15-9-6-8-14-7-4-5-10-16(14)15/h4-10,18H,2-3,11-13H2,1H3,(H,19,20). The van der Waals surface area contributed by atoms with Crippen LogP contribution >= 0.6 is 0 Å². The summed E-state index contributed by atoms with van der Waals surface area (Å²) in [6.45, 7) is 3.96. The van der Waals surface area contributed by atoms with E-state index in [0.717, 1.165) is 19.4 Å². The van der Waals surface area contributed by atoms with E-state index >= 15 is 0 Å². The first kappa shape index (κ1) is 14.5. The van der Waals surface area contributed by atoms with Gasteiger partial charge >= 0.3 is 0 Å². The van der Waals surface area contributed by atoms with Crippen molar-refractivity contribution in [3.05, 3.63) is 48.0 Å². The fraction of sp³-hybridized carbons (Fsp3) is 0.353. The van der Waals surface area contributed by atoms with E-state index in [1.807, 2.05) is 12.1 Å². The van der Waals surface area contributed by atoms with E-state index in [1.165, 1.54) is 16.3 Å². The van der Waals surface area contributed by atoms with E-state index in [9.17, 15) is 4.79 Å². The molecule has 0 spiro atoms. The van der Waals surface area contributed by atoms with Crippen LogP contribution in [0.2, 0.25) is 0 Å². The maximum atomic E-state index is 11.6. The summed E-state index contributed by atoms with van der Waals surface area (Å²) in [7, 11) is 0. The second-order valence-electron chi connectivity index (χ2n) is 4.95. The molecule has 2 N–H and O–H groups in total. The van der Waals surface area contributed by atoms with Gasteiger partial charge in [0.2, 0.25) is 5.91 Å². The van der Waals surface area contributed by atoms with Gasteiger partial charge in [-0.05, 0) is 22.8 Å². The predicted molar refractivity (Wildman–Crippen MR) is 83.6 cm³/mol. The number of amides is 1. The van der Waals surface area contributed by atoms with E-state index < -0.39 is 0 Å². The topological polar surface area (TPSA) is 41.1 Å². The molecule has 0 bridgehead atoms. The molecule has 0 aliphatic heterocycles.